The number of esters is 1. The van der Waals surface area contributed by atoms with E-state index in [4.69, 9.17) is 23.7 Å². The molecule has 2 fully saturated rings. The van der Waals surface area contributed by atoms with E-state index in [0.717, 1.165) is 52.1 Å². The second kappa shape index (κ2) is 24.3. The van der Waals surface area contributed by atoms with Crippen LogP contribution in [-0.4, -0.2) is 153 Å². The van der Waals surface area contributed by atoms with Gasteiger partial charge in [0.25, 0.3) is 0 Å². The van der Waals surface area contributed by atoms with Crippen molar-refractivity contribution in [2.45, 2.75) is 107 Å². The molecule has 0 radical (unpaired) electrons. The first-order valence-electron chi connectivity index (χ1n) is 29.7. The van der Waals surface area contributed by atoms with Crippen molar-refractivity contribution in [2.75, 3.05) is 71.3 Å². The van der Waals surface area contributed by atoms with Crippen LogP contribution in [0.15, 0.2) is 95.4 Å². The van der Waals surface area contributed by atoms with Gasteiger partial charge in [-0.05, 0) is 135 Å². The van der Waals surface area contributed by atoms with E-state index in [0.29, 0.717) is 68.3 Å². The number of hydrogen-bond donors (Lipinski definition) is 7. The van der Waals surface area contributed by atoms with Crippen molar-refractivity contribution in [1.82, 2.24) is 9.88 Å². The van der Waals surface area contributed by atoms with Gasteiger partial charge >= 0.3 is 5.97 Å². The summed E-state index contributed by atoms with van der Waals surface area (Å²) in [6, 6.07) is 16.2. The summed E-state index contributed by atoms with van der Waals surface area (Å²) in [5.41, 5.74) is 2.44. The van der Waals surface area contributed by atoms with Crippen LogP contribution in [0.2, 0.25) is 0 Å². The predicted octanol–water partition coefficient (Wildman–Crippen LogP) is 7.31. The van der Waals surface area contributed by atoms with E-state index in [2.05, 4.69) is 28.1 Å². The average Bonchev–Trinajstić information content (AvgIpc) is 1.87. The molecular weight excluding hydrogens is 1100 g/mol. The van der Waals surface area contributed by atoms with Crippen molar-refractivity contribution in [3.63, 3.8) is 0 Å². The summed E-state index contributed by atoms with van der Waals surface area (Å²) in [7, 11) is 5.34. The number of likely N-dealkylation sites (tertiary alicyclic amines) is 1. The summed E-state index contributed by atoms with van der Waals surface area (Å²) in [5, 5.41) is 74.2. The first-order valence-corrected chi connectivity index (χ1v) is 32.1. The van der Waals surface area contributed by atoms with Crippen molar-refractivity contribution in [3.05, 3.63) is 129 Å². The number of aromatic amines is 1. The largest absolute Gasteiger partial charge is 0.492 e. The zero-order valence-corrected chi connectivity index (χ0v) is 48.8. The van der Waals surface area contributed by atoms with E-state index in [-0.39, 0.29) is 109 Å². The number of hydrogen-bond acceptors (Lipinski definition) is 17. The number of nitrogens with zero attached hydrogens (tertiary/aromatic N) is 1. The third kappa shape index (κ3) is 10.0. The Morgan fingerprint density at radius 2 is 1.84 bits per heavy atom. The Balaban J connectivity index is 1.08. The lowest BCUT2D eigenvalue weighted by Gasteiger charge is -2.62. The highest BCUT2D eigenvalue weighted by atomic mass is 33.1. The van der Waals surface area contributed by atoms with Crippen molar-refractivity contribution < 1.29 is 68.7 Å². The zero-order chi connectivity index (χ0) is 57.7. The number of fused-ring (bicyclic) bond motifs is 11. The van der Waals surface area contributed by atoms with E-state index in [9.17, 15) is 45.0 Å². The molecule has 7 N–H and O–H groups in total. The molecule has 442 valence electrons. The van der Waals surface area contributed by atoms with Crippen LogP contribution < -0.4 is 14.2 Å². The minimum Gasteiger partial charge on any atom is -0.492 e. The number of aliphatic hydroxyl groups is 6. The van der Waals surface area contributed by atoms with E-state index in [1.54, 1.807) is 14.0 Å². The minimum atomic E-state index is -1.79. The molecule has 6 heterocycles. The van der Waals surface area contributed by atoms with Crippen LogP contribution in [0.4, 0.5) is 0 Å². The van der Waals surface area contributed by atoms with Gasteiger partial charge in [-0.15, -0.1) is 0 Å². The molecule has 12 rings (SSSR count). The molecule has 16 nitrogen and oxygen atoms in total. The molecule has 1 spiro atoms. The number of piperidine rings is 1. The number of ketones is 1. The SMILES string of the molecule is CCOC(=O)C1=C(C=O)/C2=C3\C[C@@H](CO)C(=O)[C@H](C3)c3cc4cc[nH]c4cc3CC[C@H](CO)COc3c4c(c(CO)c(c32)O1)O[C@@]1(C=C[C@H](CCO)[C@@H]2C3=C[C@@H]5[C@@H](CSSC[C@@H](c6ccccc6)C[C@H]3O)N(CCCOC)CC[C@@H]5[C@]21O)C4. The van der Waals surface area contributed by atoms with Gasteiger partial charge in [-0.25, -0.2) is 4.79 Å². The number of ether oxygens (including phenoxy) is 5. The van der Waals surface area contributed by atoms with Crippen molar-refractivity contribution >= 4 is 56.1 Å². The van der Waals surface area contributed by atoms with Gasteiger partial charge in [0.05, 0.1) is 49.2 Å². The van der Waals surface area contributed by atoms with Crippen LogP contribution in [0.1, 0.15) is 97.1 Å². The van der Waals surface area contributed by atoms with E-state index < -0.39 is 77.8 Å². The lowest BCUT2D eigenvalue weighted by Crippen LogP contribution is -2.73. The molecule has 12 atom stereocenters. The van der Waals surface area contributed by atoms with Gasteiger partial charge in [-0.3, -0.25) is 14.5 Å². The first-order chi connectivity index (χ1) is 40.4. The third-order valence-electron chi connectivity index (χ3n) is 19.6. The van der Waals surface area contributed by atoms with Crippen LogP contribution >= 0.6 is 21.6 Å². The Labute approximate surface area is 491 Å². The zero-order valence-electron chi connectivity index (χ0n) is 47.1. The van der Waals surface area contributed by atoms with Gasteiger partial charge in [0.2, 0.25) is 5.76 Å². The summed E-state index contributed by atoms with van der Waals surface area (Å²) in [6.45, 7) is 1.93. The lowest BCUT2D eigenvalue weighted by atomic mass is 9.48. The number of carbonyl (C=O) groups excluding carboxylic acids is 3. The quantitative estimate of drug-likeness (QED) is 0.0228. The standard InChI is InChI=1S/C65H76N2O14S2/c1-3-78-63(75)62-49(31-71)55-41-22-42(30-70)58(74)45(24-41)44-23-40-13-17-66-52(40)25-39(44)11-10-36(29-69)33-79-60-48-28-64(81-59(48)50(32-72)61(80-62)56(55)60)16-12-38(15-20-68)57-47-27-46-51(65(57,64)76)14-19-67(18-7-21-77-2)53(46)35-83-82-34-43(26-54(47)73)37-8-5-4-6-9-37/h4-6,8-9,12-13,16-17,23,25,27,31,36,38,42-43,45-46,51,53-54,57,66,68-70,72-73,76H,3,7,10-11,14-15,18-22,24,26,28-30,32-35H2,1-2H3/b55-41-/t36-,38-,42+,43+,45-,46+,51+,53-,54-,57-,64+,65+/m1/s1. The highest BCUT2D eigenvalue weighted by Crippen LogP contribution is 2.65. The third-order valence-corrected chi connectivity index (χ3v) is 22.1. The maximum atomic E-state index is 15.0. The topological polar surface area (TPSA) is 238 Å². The maximum absolute atomic E-state index is 15.0. The monoisotopic (exact) mass is 1170 g/mol. The van der Waals surface area contributed by atoms with Crippen LogP contribution in [0.25, 0.3) is 16.5 Å². The number of aliphatic hydroxyl groups excluding tert-OH is 5. The number of rotatable bonds is 13. The van der Waals surface area contributed by atoms with Gasteiger partial charge < -0.3 is 59.3 Å². The molecule has 83 heavy (non-hydrogen) atoms. The first kappa shape index (κ1) is 58.1. The maximum Gasteiger partial charge on any atom is 0.375 e. The smallest absolute Gasteiger partial charge is 0.375 e. The fourth-order valence-corrected chi connectivity index (χ4v) is 18.4. The number of carbonyl (C=O) groups is 3. The fourth-order valence-electron chi connectivity index (χ4n) is 15.7. The van der Waals surface area contributed by atoms with E-state index in [1.165, 1.54) is 0 Å². The van der Waals surface area contributed by atoms with E-state index >= 15 is 0 Å². The molecule has 1 saturated heterocycles. The molecule has 4 bridgehead atoms. The van der Waals surface area contributed by atoms with Crippen LogP contribution in [0.3, 0.4) is 0 Å². The Bertz CT molecular complexity index is 3260. The van der Waals surface area contributed by atoms with Gasteiger partial charge in [0.15, 0.2) is 11.9 Å². The lowest BCUT2D eigenvalue weighted by molar-refractivity contribution is -0.207. The summed E-state index contributed by atoms with van der Waals surface area (Å²) in [6.07, 6.45) is 10.6. The average molecular weight is 1170 g/mol. The molecule has 1 saturated carbocycles. The number of Topliss-reactive ketones (excluding diaryl/α,β-unsaturated/α-hetero) is 1. The second-order valence-electron chi connectivity index (χ2n) is 23.9. The highest BCUT2D eigenvalue weighted by molar-refractivity contribution is 8.76. The summed E-state index contributed by atoms with van der Waals surface area (Å²) < 4.78 is 32.6. The summed E-state index contributed by atoms with van der Waals surface area (Å²) >= 11 is 0. The predicted molar refractivity (Wildman–Crippen MR) is 316 cm³/mol. The summed E-state index contributed by atoms with van der Waals surface area (Å²) in [5.74, 6) is -3.80. The van der Waals surface area contributed by atoms with Crippen molar-refractivity contribution in [2.24, 2.45) is 35.5 Å². The molecule has 3 aromatic carbocycles. The Morgan fingerprint density at radius 1 is 1.01 bits per heavy atom. The fraction of sp³-hybridized carbons (Fsp3) is 0.523. The van der Waals surface area contributed by atoms with Crippen LogP contribution in [0.5, 0.6) is 17.2 Å². The molecule has 5 aliphatic heterocycles. The normalized spacial score (nSPS) is 32.2. The summed E-state index contributed by atoms with van der Waals surface area (Å²) in [4.78, 5) is 49.0. The molecule has 0 unspecified atom stereocenters. The molecular formula is C65H76N2O14S2. The van der Waals surface area contributed by atoms with Gasteiger partial charge in [-0.2, -0.15) is 0 Å². The van der Waals surface area contributed by atoms with Gasteiger partial charge in [0, 0.05) is 110 Å². The van der Waals surface area contributed by atoms with Crippen molar-refractivity contribution in [3.8, 4) is 17.2 Å². The molecule has 4 aromatic rings. The molecule has 18 heteroatoms. The molecule has 8 aliphatic rings. The molecule has 3 aliphatic carbocycles. The van der Waals surface area contributed by atoms with Gasteiger partial charge in [-0.1, -0.05) is 69.6 Å². The van der Waals surface area contributed by atoms with Crippen LogP contribution in [-0.2, 0) is 43.3 Å². The Hall–Kier alpha value is -5.25. The molecule has 1 aromatic heterocycles. The molecule has 0 amide bonds. The number of aryl methyl sites for hydroxylation is 1. The van der Waals surface area contributed by atoms with Crippen LogP contribution in [0, 0.1) is 35.5 Å². The second-order valence-corrected chi connectivity index (χ2v) is 26.5. The van der Waals surface area contributed by atoms with Crippen molar-refractivity contribution in [1.29, 1.82) is 0 Å². The number of nitrogens with one attached hydrogen (secondary N) is 1. The number of allylic oxidation sites excluding steroid dienone is 4. The van der Waals surface area contributed by atoms with Gasteiger partial charge in [0.1, 0.15) is 28.6 Å². The number of benzene rings is 3. The number of H-pyrrole nitrogens is 1. The number of methoxy groups -OCH3 is 1. The number of aldehydes is 1. The minimum absolute atomic E-state index is 0.0168. The Kier molecular flexibility index (Phi) is 17.0. The highest BCUT2D eigenvalue weighted by Gasteiger charge is 2.70. The Morgan fingerprint density at radius 3 is 2.60 bits per heavy atom. The van der Waals surface area contributed by atoms with E-state index in [1.807, 2.05) is 76.3 Å². The number of aromatic nitrogens is 1.